The summed E-state index contributed by atoms with van der Waals surface area (Å²) in [7, 11) is 0. The smallest absolute Gasteiger partial charge is 0.287 e. The van der Waals surface area contributed by atoms with E-state index in [0.29, 0.717) is 12.3 Å². The molecule has 1 saturated heterocycles. The summed E-state index contributed by atoms with van der Waals surface area (Å²) in [6.45, 7) is 7.40. The van der Waals surface area contributed by atoms with Crippen LogP contribution in [0.3, 0.4) is 0 Å². The Morgan fingerprint density at radius 1 is 1.19 bits per heavy atom. The van der Waals surface area contributed by atoms with Gasteiger partial charge < -0.3 is 0 Å². The second kappa shape index (κ2) is 6.82. The molecule has 1 N–H and O–H groups in total. The average molecular weight is 378 g/mol. The fourth-order valence-corrected chi connectivity index (χ4v) is 3.88. The van der Waals surface area contributed by atoms with E-state index in [1.165, 1.54) is 0 Å². The summed E-state index contributed by atoms with van der Waals surface area (Å²) < 4.78 is 42.4. The van der Waals surface area contributed by atoms with Gasteiger partial charge in [-0.15, -0.1) is 0 Å². The maximum absolute atomic E-state index is 14.1. The number of hydrazine groups is 1. The third-order valence-corrected chi connectivity index (χ3v) is 4.97. The molecule has 1 aliphatic rings. The summed E-state index contributed by atoms with van der Waals surface area (Å²) in [6.07, 6.45) is -3.80. The highest BCUT2D eigenvalue weighted by Crippen LogP contribution is 2.44. The Labute approximate surface area is 157 Å². The quantitative estimate of drug-likeness (QED) is 0.797. The minimum Gasteiger partial charge on any atom is -0.287 e. The summed E-state index contributed by atoms with van der Waals surface area (Å²) in [5, 5.41) is 2.82. The molecule has 0 spiro atoms. The Morgan fingerprint density at radius 2 is 1.85 bits per heavy atom. The number of amides is 1. The Bertz CT molecular complexity index is 858. The lowest BCUT2D eigenvalue weighted by molar-refractivity contribution is -0.203. The van der Waals surface area contributed by atoms with E-state index >= 15 is 0 Å². The molecule has 146 valence electrons. The number of nitrogens with zero attached hydrogens (tertiary/aromatic N) is 1. The monoisotopic (exact) mass is 378 g/mol. The van der Waals surface area contributed by atoms with Crippen molar-refractivity contribution in [2.75, 3.05) is 0 Å². The molecule has 27 heavy (non-hydrogen) atoms. The van der Waals surface area contributed by atoms with E-state index in [4.69, 9.17) is 0 Å². The van der Waals surface area contributed by atoms with Crippen LogP contribution in [0.15, 0.2) is 36.4 Å². The van der Waals surface area contributed by atoms with Crippen LogP contribution in [0.4, 0.5) is 13.2 Å². The normalized spacial score (nSPS) is 18.9. The summed E-state index contributed by atoms with van der Waals surface area (Å²) in [6, 6.07) is 8.87. The predicted octanol–water partition coefficient (Wildman–Crippen LogP) is 5.16. The van der Waals surface area contributed by atoms with E-state index in [1.807, 2.05) is 38.1 Å². The van der Waals surface area contributed by atoms with E-state index in [-0.39, 0.29) is 12.0 Å². The summed E-state index contributed by atoms with van der Waals surface area (Å²) in [5.41, 5.74) is 2.56. The van der Waals surface area contributed by atoms with Gasteiger partial charge >= 0.3 is 6.18 Å². The van der Waals surface area contributed by atoms with Crippen LogP contribution in [0, 0.1) is 5.92 Å². The maximum Gasteiger partial charge on any atom is 0.409 e. The van der Waals surface area contributed by atoms with Crippen LogP contribution in [0.25, 0.3) is 10.8 Å². The van der Waals surface area contributed by atoms with E-state index < -0.39 is 23.7 Å². The van der Waals surface area contributed by atoms with Crippen molar-refractivity contribution in [3.8, 4) is 0 Å². The van der Waals surface area contributed by atoms with Crippen LogP contribution in [0.1, 0.15) is 51.3 Å². The molecular weight excluding hydrogens is 353 g/mol. The van der Waals surface area contributed by atoms with Gasteiger partial charge in [-0.2, -0.15) is 18.2 Å². The molecule has 0 aliphatic carbocycles. The van der Waals surface area contributed by atoms with Gasteiger partial charge in [0.1, 0.15) is 0 Å². The molecule has 0 saturated carbocycles. The van der Waals surface area contributed by atoms with Gasteiger partial charge in [0, 0.05) is 12.0 Å². The molecule has 0 radical (unpaired) electrons. The van der Waals surface area contributed by atoms with Crippen molar-refractivity contribution in [2.45, 2.75) is 58.3 Å². The highest BCUT2D eigenvalue weighted by Gasteiger charge is 2.53. The average Bonchev–Trinajstić information content (AvgIpc) is 2.78. The van der Waals surface area contributed by atoms with Crippen molar-refractivity contribution in [1.82, 2.24) is 10.4 Å². The summed E-state index contributed by atoms with van der Waals surface area (Å²) >= 11 is 0. The van der Waals surface area contributed by atoms with E-state index in [9.17, 15) is 18.0 Å². The van der Waals surface area contributed by atoms with Crippen LogP contribution < -0.4 is 5.43 Å². The lowest BCUT2D eigenvalue weighted by Gasteiger charge is -2.38. The molecule has 3 rings (SSSR count). The third kappa shape index (κ3) is 3.95. The molecular formula is C21H25F3N2O. The molecule has 1 amide bonds. The van der Waals surface area contributed by atoms with Crippen molar-refractivity contribution in [3.63, 3.8) is 0 Å². The highest BCUT2D eigenvalue weighted by molar-refractivity contribution is 5.86. The second-order valence-corrected chi connectivity index (χ2v) is 8.34. The minimum absolute atomic E-state index is 0.0337. The summed E-state index contributed by atoms with van der Waals surface area (Å²) in [5.74, 6) is -0.0756. The Morgan fingerprint density at radius 3 is 2.41 bits per heavy atom. The molecule has 0 bridgehead atoms. The predicted molar refractivity (Wildman–Crippen MR) is 100.0 cm³/mol. The van der Waals surface area contributed by atoms with Gasteiger partial charge in [0.25, 0.3) is 0 Å². The second-order valence-electron chi connectivity index (χ2n) is 8.34. The number of nitrogens with one attached hydrogen (secondary N) is 1. The Kier molecular flexibility index (Phi) is 4.97. The lowest BCUT2D eigenvalue weighted by atomic mass is 9.90. The number of fused-ring (bicyclic) bond motifs is 1. The first-order valence-electron chi connectivity index (χ1n) is 9.16. The van der Waals surface area contributed by atoms with Gasteiger partial charge in [-0.25, -0.2) is 0 Å². The van der Waals surface area contributed by atoms with Crippen LogP contribution in [-0.2, 0) is 11.2 Å². The molecule has 2 aromatic carbocycles. The Balaban J connectivity index is 2.18. The third-order valence-electron chi connectivity index (χ3n) is 4.97. The molecule has 0 aromatic heterocycles. The van der Waals surface area contributed by atoms with Crippen molar-refractivity contribution < 1.29 is 18.0 Å². The molecule has 6 heteroatoms. The number of hydrogen-bond donors (Lipinski definition) is 1. The summed E-state index contributed by atoms with van der Waals surface area (Å²) in [4.78, 5) is 11.8. The maximum atomic E-state index is 14.1. The first kappa shape index (κ1) is 19.7. The zero-order valence-corrected chi connectivity index (χ0v) is 16.0. The first-order chi connectivity index (χ1) is 12.5. The SMILES string of the molecule is CC(C)Cc1cc(C(N2NC(=O)CC2(C)C)C(F)(F)F)cc2ccccc12. The zero-order valence-electron chi connectivity index (χ0n) is 16.0. The number of halogens is 3. The van der Waals surface area contributed by atoms with E-state index in [1.54, 1.807) is 26.0 Å². The van der Waals surface area contributed by atoms with Gasteiger partial charge in [-0.05, 0) is 54.2 Å². The van der Waals surface area contributed by atoms with Crippen LogP contribution >= 0.6 is 0 Å². The number of rotatable bonds is 4. The number of carbonyl (C=O) groups excluding carboxylic acids is 1. The number of benzene rings is 2. The lowest BCUT2D eigenvalue weighted by Crippen LogP contribution is -2.51. The largest absolute Gasteiger partial charge is 0.409 e. The molecule has 1 aliphatic heterocycles. The van der Waals surface area contributed by atoms with E-state index in [2.05, 4.69) is 5.43 Å². The zero-order chi connectivity index (χ0) is 20.0. The van der Waals surface area contributed by atoms with Crippen LogP contribution in [0.2, 0.25) is 0 Å². The molecule has 2 aromatic rings. The molecule has 1 unspecified atom stereocenters. The van der Waals surface area contributed by atoms with Crippen molar-refractivity contribution >= 4 is 16.7 Å². The molecule has 3 nitrogen and oxygen atoms in total. The van der Waals surface area contributed by atoms with Gasteiger partial charge in [-0.1, -0.05) is 44.2 Å². The fraction of sp³-hybridized carbons (Fsp3) is 0.476. The topological polar surface area (TPSA) is 32.3 Å². The van der Waals surface area contributed by atoms with Crippen molar-refractivity contribution in [3.05, 3.63) is 47.5 Å². The molecule has 1 heterocycles. The molecule has 1 fully saturated rings. The fourth-order valence-electron chi connectivity index (χ4n) is 3.88. The van der Waals surface area contributed by atoms with Gasteiger partial charge in [0.15, 0.2) is 6.04 Å². The highest BCUT2D eigenvalue weighted by atomic mass is 19.4. The number of hydrogen-bond acceptors (Lipinski definition) is 2. The Hall–Kier alpha value is -2.08. The van der Waals surface area contributed by atoms with Crippen molar-refractivity contribution in [1.29, 1.82) is 0 Å². The van der Waals surface area contributed by atoms with Gasteiger partial charge in [0.05, 0.1) is 0 Å². The van der Waals surface area contributed by atoms with Gasteiger partial charge in [0.2, 0.25) is 5.91 Å². The van der Waals surface area contributed by atoms with E-state index in [0.717, 1.165) is 21.3 Å². The number of carbonyl (C=O) groups is 1. The van der Waals surface area contributed by atoms with Crippen LogP contribution in [0.5, 0.6) is 0 Å². The molecule has 1 atom stereocenters. The number of alkyl halides is 3. The first-order valence-corrected chi connectivity index (χ1v) is 9.16. The van der Waals surface area contributed by atoms with Crippen LogP contribution in [-0.4, -0.2) is 22.6 Å². The minimum atomic E-state index is -4.52. The standard InChI is InChI=1S/C21H25F3N2O/c1-13(2)9-15-11-16(10-14-7-5-6-8-17(14)15)19(21(22,23)24)26-20(3,4)12-18(27)25-26/h5-8,10-11,13,19H,9,12H2,1-4H3,(H,25,27). The van der Waals surface area contributed by atoms with Gasteiger partial charge in [-0.3, -0.25) is 10.2 Å². The van der Waals surface area contributed by atoms with Crippen molar-refractivity contribution in [2.24, 2.45) is 5.92 Å².